The molecular weight excluding hydrogens is 549 g/mol. The number of anilines is 2. The molecule has 0 unspecified atom stereocenters. The van der Waals surface area contributed by atoms with Crippen LogP contribution in [0.15, 0.2) is 65.6 Å². The molecule has 10 heteroatoms. The number of rotatable bonds is 9. The average Bonchev–Trinajstić information content (AvgIpc) is 3.03. The molecule has 1 aromatic heterocycles. The van der Waals surface area contributed by atoms with E-state index in [0.29, 0.717) is 42.9 Å². The van der Waals surface area contributed by atoms with Crippen molar-refractivity contribution in [3.63, 3.8) is 0 Å². The zero-order valence-electron chi connectivity index (χ0n) is 24.5. The second-order valence-electron chi connectivity index (χ2n) is 10.4. The number of aromatic nitrogens is 1. The van der Waals surface area contributed by atoms with Crippen LogP contribution in [0.5, 0.6) is 5.75 Å². The van der Waals surface area contributed by atoms with Gasteiger partial charge in [0, 0.05) is 50.3 Å². The predicted octanol–water partition coefficient (Wildman–Crippen LogP) is 4.88. The van der Waals surface area contributed by atoms with Crippen LogP contribution in [0.1, 0.15) is 35.3 Å². The second-order valence-corrected chi connectivity index (χ2v) is 10.4. The molecule has 2 heterocycles. The highest BCUT2D eigenvalue weighted by Gasteiger charge is 2.28. The smallest absolute Gasteiger partial charge is 0.341 e. The Morgan fingerprint density at radius 2 is 1.60 bits per heavy atom. The predicted molar refractivity (Wildman–Crippen MR) is 165 cm³/mol. The van der Waals surface area contributed by atoms with Crippen LogP contribution in [0.4, 0.5) is 15.8 Å². The molecule has 222 valence electrons. The minimum absolute atomic E-state index is 0.0681. The lowest BCUT2D eigenvalue weighted by atomic mass is 10.1. The van der Waals surface area contributed by atoms with Crippen molar-refractivity contribution < 1.29 is 19.0 Å². The van der Waals surface area contributed by atoms with Crippen molar-refractivity contribution in [2.75, 3.05) is 56.2 Å². The van der Waals surface area contributed by atoms with E-state index in [1.807, 2.05) is 41.3 Å². The lowest BCUT2D eigenvalue weighted by molar-refractivity contribution is 0.0695. The molecule has 1 aliphatic rings. The van der Waals surface area contributed by atoms with Gasteiger partial charge in [-0.15, -0.1) is 0 Å². The summed E-state index contributed by atoms with van der Waals surface area (Å²) in [6.45, 7) is 8.98. The third kappa shape index (κ3) is 5.76. The number of piperazine rings is 1. The quantitative estimate of drug-likeness (QED) is 0.298. The van der Waals surface area contributed by atoms with Crippen molar-refractivity contribution in [1.29, 1.82) is 5.26 Å². The van der Waals surface area contributed by atoms with E-state index < -0.39 is 22.8 Å². The third-order valence-electron chi connectivity index (χ3n) is 8.08. The first-order valence-electron chi connectivity index (χ1n) is 14.3. The number of aromatic carboxylic acids is 1. The fourth-order valence-corrected chi connectivity index (χ4v) is 5.66. The van der Waals surface area contributed by atoms with E-state index in [2.05, 4.69) is 29.7 Å². The van der Waals surface area contributed by atoms with Crippen LogP contribution in [0, 0.1) is 17.1 Å². The van der Waals surface area contributed by atoms with Crippen LogP contribution in [0.25, 0.3) is 16.6 Å². The zero-order valence-corrected chi connectivity index (χ0v) is 24.5. The number of fused-ring (bicyclic) bond motifs is 1. The molecule has 0 saturated carbocycles. The number of carboxylic acids is 1. The lowest BCUT2D eigenvalue weighted by Crippen LogP contribution is -2.47. The molecule has 0 amide bonds. The van der Waals surface area contributed by atoms with Gasteiger partial charge in [0.25, 0.3) is 0 Å². The van der Waals surface area contributed by atoms with Gasteiger partial charge in [-0.05, 0) is 61.1 Å². The highest BCUT2D eigenvalue weighted by Crippen LogP contribution is 2.39. The van der Waals surface area contributed by atoms with Crippen LogP contribution < -0.4 is 20.0 Å². The minimum Gasteiger partial charge on any atom is -0.492 e. The number of hydrogen-bond acceptors (Lipinski definition) is 7. The Morgan fingerprint density at radius 3 is 2.16 bits per heavy atom. The lowest BCUT2D eigenvalue weighted by Gasteiger charge is -2.38. The number of benzene rings is 3. The van der Waals surface area contributed by atoms with E-state index in [4.69, 9.17) is 10.00 Å². The zero-order chi connectivity index (χ0) is 30.7. The molecule has 0 aliphatic carbocycles. The summed E-state index contributed by atoms with van der Waals surface area (Å²) in [5.41, 5.74) is 2.58. The normalized spacial score (nSPS) is 13.4. The molecule has 9 nitrogen and oxygen atoms in total. The fourth-order valence-electron chi connectivity index (χ4n) is 5.66. The second kappa shape index (κ2) is 12.5. The number of nitriles is 1. The number of carboxylic acid groups (broad SMARTS) is 1. The number of ether oxygens (including phenoxy) is 1. The largest absolute Gasteiger partial charge is 0.492 e. The highest BCUT2D eigenvalue weighted by molar-refractivity contribution is 5.97. The monoisotopic (exact) mass is 583 g/mol. The van der Waals surface area contributed by atoms with E-state index in [1.54, 1.807) is 16.7 Å². The first-order valence-corrected chi connectivity index (χ1v) is 14.3. The van der Waals surface area contributed by atoms with Crippen molar-refractivity contribution in [1.82, 2.24) is 9.47 Å². The fraction of sp³-hybridized carbons (Fsp3) is 0.303. The van der Waals surface area contributed by atoms with Gasteiger partial charge in [-0.25, -0.2) is 9.18 Å². The van der Waals surface area contributed by atoms with Crippen LogP contribution in [0.2, 0.25) is 0 Å². The maximum Gasteiger partial charge on any atom is 0.341 e. The molecule has 1 saturated heterocycles. The minimum atomic E-state index is -1.39. The maximum absolute atomic E-state index is 15.9. The van der Waals surface area contributed by atoms with Crippen LogP contribution in [0.3, 0.4) is 0 Å². The molecule has 1 N–H and O–H groups in total. The van der Waals surface area contributed by atoms with Gasteiger partial charge in [-0.1, -0.05) is 26.0 Å². The number of halogens is 1. The molecule has 3 aromatic carbocycles. The Bertz CT molecular complexity index is 1730. The number of methoxy groups -OCH3 is 1. The van der Waals surface area contributed by atoms with Crippen LogP contribution in [-0.4, -0.2) is 66.9 Å². The van der Waals surface area contributed by atoms with E-state index in [-0.39, 0.29) is 16.8 Å². The third-order valence-corrected chi connectivity index (χ3v) is 8.08. The Kier molecular flexibility index (Phi) is 8.64. The van der Waals surface area contributed by atoms with E-state index in [1.165, 1.54) is 13.3 Å². The summed E-state index contributed by atoms with van der Waals surface area (Å²) in [5.74, 6) is -1.87. The molecule has 4 aromatic rings. The van der Waals surface area contributed by atoms with E-state index in [9.17, 15) is 14.7 Å². The van der Waals surface area contributed by atoms with Gasteiger partial charge < -0.3 is 24.2 Å². The summed E-state index contributed by atoms with van der Waals surface area (Å²) in [5, 5.41) is 18.8. The number of nitrogens with zero attached hydrogens (tertiary/aromatic N) is 5. The maximum atomic E-state index is 15.9. The van der Waals surface area contributed by atoms with Crippen molar-refractivity contribution in [3.8, 4) is 17.5 Å². The summed E-state index contributed by atoms with van der Waals surface area (Å²) in [6, 6.07) is 18.3. The summed E-state index contributed by atoms with van der Waals surface area (Å²) < 4.78 is 23.3. The van der Waals surface area contributed by atoms with Crippen LogP contribution in [-0.2, 0) is 6.54 Å². The van der Waals surface area contributed by atoms with Gasteiger partial charge in [0.15, 0.2) is 11.6 Å². The molecule has 1 aliphatic heterocycles. The van der Waals surface area contributed by atoms with Crippen molar-refractivity contribution in [3.05, 3.63) is 93.5 Å². The Morgan fingerprint density at radius 1 is 1.00 bits per heavy atom. The van der Waals surface area contributed by atoms with Crippen molar-refractivity contribution in [2.45, 2.75) is 20.4 Å². The molecule has 5 rings (SSSR count). The average molecular weight is 584 g/mol. The standard InChI is InChI=1S/C33H34FN5O4/c1-4-36(5-2)20-23-8-12-25(13-9-23)39-21-27(33(41)42)31(40)26-18-28(34)30(32(43-3)29(26)39)38-16-14-37(15-17-38)24-10-6-22(19-35)7-11-24/h6-13,18,21H,4-5,14-17,20H2,1-3H3,(H,41,42). The van der Waals surface area contributed by atoms with Gasteiger partial charge in [0.1, 0.15) is 16.8 Å². The molecule has 1 fully saturated rings. The Hall–Kier alpha value is -4.88. The highest BCUT2D eigenvalue weighted by atomic mass is 19.1. The molecule has 0 spiro atoms. The number of pyridine rings is 1. The molecule has 0 radical (unpaired) electrons. The number of carbonyl (C=O) groups is 1. The summed E-state index contributed by atoms with van der Waals surface area (Å²) in [4.78, 5) is 31.7. The van der Waals surface area contributed by atoms with Gasteiger partial charge in [0.05, 0.1) is 24.1 Å². The topological polar surface area (TPSA) is 102 Å². The molecule has 0 bridgehead atoms. The van der Waals surface area contributed by atoms with Gasteiger partial charge in [-0.2, -0.15) is 5.26 Å². The Balaban J connectivity index is 1.58. The summed E-state index contributed by atoms with van der Waals surface area (Å²) in [6.07, 6.45) is 1.29. The summed E-state index contributed by atoms with van der Waals surface area (Å²) >= 11 is 0. The van der Waals surface area contributed by atoms with Gasteiger partial charge in [-0.3, -0.25) is 9.69 Å². The van der Waals surface area contributed by atoms with Gasteiger partial charge >= 0.3 is 5.97 Å². The van der Waals surface area contributed by atoms with Crippen molar-refractivity contribution in [2.24, 2.45) is 0 Å². The van der Waals surface area contributed by atoms with Crippen molar-refractivity contribution >= 4 is 28.2 Å². The Labute approximate surface area is 249 Å². The van der Waals surface area contributed by atoms with Crippen LogP contribution >= 0.6 is 0 Å². The molecule has 0 atom stereocenters. The molecular formula is C33H34FN5O4. The van der Waals surface area contributed by atoms with E-state index >= 15 is 4.39 Å². The first-order chi connectivity index (χ1) is 20.8. The summed E-state index contributed by atoms with van der Waals surface area (Å²) in [7, 11) is 1.43. The SMILES string of the molecule is CCN(CC)Cc1ccc(-n2cc(C(=O)O)c(=O)c3cc(F)c(N4CCN(c5ccc(C#N)cc5)CC4)c(OC)c32)cc1. The van der Waals surface area contributed by atoms with E-state index in [0.717, 1.165) is 37.0 Å². The first kappa shape index (κ1) is 29.6. The number of hydrogen-bond donors (Lipinski definition) is 1. The molecule has 43 heavy (non-hydrogen) atoms. The van der Waals surface area contributed by atoms with Gasteiger partial charge in [0.2, 0.25) is 5.43 Å².